The number of hydrogen-bond acceptors (Lipinski definition) is 4. The lowest BCUT2D eigenvalue weighted by Gasteiger charge is -2.19. The van der Waals surface area contributed by atoms with Gasteiger partial charge in [-0.25, -0.2) is 0 Å². The van der Waals surface area contributed by atoms with Crippen LogP contribution in [0, 0.1) is 0 Å². The van der Waals surface area contributed by atoms with E-state index in [2.05, 4.69) is 53.2 Å². The molecule has 21 heavy (non-hydrogen) atoms. The van der Waals surface area contributed by atoms with Crippen LogP contribution in [-0.2, 0) is 6.54 Å². The fraction of sp³-hybridized carbons (Fsp3) is 0.647. The van der Waals surface area contributed by atoms with Gasteiger partial charge >= 0.3 is 0 Å². The van der Waals surface area contributed by atoms with Crippen molar-refractivity contribution in [1.82, 2.24) is 10.2 Å². The van der Waals surface area contributed by atoms with Crippen molar-refractivity contribution in [3.63, 3.8) is 0 Å². The molecule has 1 aliphatic rings. The van der Waals surface area contributed by atoms with Crippen LogP contribution in [0.5, 0.6) is 5.75 Å². The molecule has 0 saturated carbocycles. The van der Waals surface area contributed by atoms with E-state index in [4.69, 9.17) is 4.74 Å². The Morgan fingerprint density at radius 3 is 3.14 bits per heavy atom. The molecule has 1 heterocycles. The molecule has 0 unspecified atom stereocenters. The molecule has 0 bridgehead atoms. The van der Waals surface area contributed by atoms with Crippen molar-refractivity contribution in [2.75, 3.05) is 44.3 Å². The maximum absolute atomic E-state index is 5.92. The first-order valence-electron chi connectivity index (χ1n) is 8.11. The predicted molar refractivity (Wildman–Crippen MR) is 92.3 cm³/mol. The highest BCUT2D eigenvalue weighted by molar-refractivity contribution is 7.99. The second-order valence-corrected chi connectivity index (χ2v) is 6.70. The summed E-state index contributed by atoms with van der Waals surface area (Å²) in [6, 6.07) is 8.45. The van der Waals surface area contributed by atoms with Crippen molar-refractivity contribution in [2.24, 2.45) is 0 Å². The van der Waals surface area contributed by atoms with Crippen molar-refractivity contribution in [2.45, 2.75) is 26.3 Å². The predicted octanol–water partition coefficient (Wildman–Crippen LogP) is 3.00. The van der Waals surface area contributed by atoms with Crippen molar-refractivity contribution in [1.29, 1.82) is 0 Å². The first-order valence-corrected chi connectivity index (χ1v) is 9.26. The van der Waals surface area contributed by atoms with Crippen LogP contribution in [0.1, 0.15) is 25.3 Å². The highest BCUT2D eigenvalue weighted by Gasteiger charge is 2.08. The fourth-order valence-corrected chi connectivity index (χ4v) is 3.39. The number of rotatable bonds is 8. The second-order valence-electron chi connectivity index (χ2n) is 5.48. The number of nitrogens with zero attached hydrogens (tertiary/aromatic N) is 1. The zero-order chi connectivity index (χ0) is 14.8. The summed E-state index contributed by atoms with van der Waals surface area (Å²) >= 11 is 2.07. The van der Waals surface area contributed by atoms with Crippen LogP contribution in [0.2, 0.25) is 0 Å². The van der Waals surface area contributed by atoms with Gasteiger partial charge in [0, 0.05) is 25.4 Å². The Morgan fingerprint density at radius 2 is 2.24 bits per heavy atom. The summed E-state index contributed by atoms with van der Waals surface area (Å²) in [5, 5.41) is 3.43. The molecule has 1 N–H and O–H groups in total. The van der Waals surface area contributed by atoms with Gasteiger partial charge in [0.1, 0.15) is 12.4 Å². The van der Waals surface area contributed by atoms with E-state index in [-0.39, 0.29) is 0 Å². The summed E-state index contributed by atoms with van der Waals surface area (Å²) in [7, 11) is 0. The Morgan fingerprint density at radius 1 is 1.29 bits per heavy atom. The van der Waals surface area contributed by atoms with E-state index in [1.807, 2.05) is 0 Å². The number of benzene rings is 1. The van der Waals surface area contributed by atoms with E-state index in [9.17, 15) is 0 Å². The number of nitrogens with one attached hydrogen (secondary N) is 1. The van der Waals surface area contributed by atoms with Crippen LogP contribution in [0.15, 0.2) is 24.3 Å². The highest BCUT2D eigenvalue weighted by atomic mass is 32.2. The van der Waals surface area contributed by atoms with Gasteiger partial charge in [-0.3, -0.25) is 4.90 Å². The lowest BCUT2D eigenvalue weighted by Crippen LogP contribution is -2.30. The van der Waals surface area contributed by atoms with Gasteiger partial charge < -0.3 is 10.1 Å². The molecule has 0 radical (unpaired) electrons. The van der Waals surface area contributed by atoms with E-state index >= 15 is 0 Å². The molecule has 1 aliphatic heterocycles. The van der Waals surface area contributed by atoms with Gasteiger partial charge in [-0.1, -0.05) is 19.1 Å². The smallest absolute Gasteiger partial charge is 0.119 e. The van der Waals surface area contributed by atoms with E-state index in [1.165, 1.54) is 43.0 Å². The first-order chi connectivity index (χ1) is 10.4. The van der Waals surface area contributed by atoms with Crippen molar-refractivity contribution >= 4 is 11.8 Å². The Labute approximate surface area is 133 Å². The maximum atomic E-state index is 5.92. The Bertz CT molecular complexity index is 392. The fourth-order valence-electron chi connectivity index (χ4n) is 2.47. The molecule has 4 heteroatoms. The van der Waals surface area contributed by atoms with Crippen LogP contribution in [0.4, 0.5) is 0 Å². The van der Waals surface area contributed by atoms with E-state index in [0.29, 0.717) is 0 Å². The molecule has 1 saturated heterocycles. The Balaban J connectivity index is 1.70. The first kappa shape index (κ1) is 16.7. The van der Waals surface area contributed by atoms with Crippen molar-refractivity contribution in [3.05, 3.63) is 29.8 Å². The number of hydrogen-bond donors (Lipinski definition) is 1. The minimum Gasteiger partial charge on any atom is -0.492 e. The second kappa shape index (κ2) is 10.1. The van der Waals surface area contributed by atoms with Crippen LogP contribution >= 0.6 is 11.8 Å². The Hall–Kier alpha value is -0.710. The van der Waals surface area contributed by atoms with Gasteiger partial charge in [-0.05, 0) is 49.4 Å². The van der Waals surface area contributed by atoms with Gasteiger partial charge in [-0.15, -0.1) is 0 Å². The van der Waals surface area contributed by atoms with Crippen LogP contribution in [0.25, 0.3) is 0 Å². The van der Waals surface area contributed by atoms with Crippen LogP contribution in [-0.4, -0.2) is 49.2 Å². The summed E-state index contributed by atoms with van der Waals surface area (Å²) in [6.07, 6.45) is 2.48. The third-order valence-corrected chi connectivity index (χ3v) is 4.69. The molecule has 0 amide bonds. The van der Waals surface area contributed by atoms with Gasteiger partial charge in [0.25, 0.3) is 0 Å². The average molecular weight is 308 g/mol. The largest absolute Gasteiger partial charge is 0.492 e. The lowest BCUT2D eigenvalue weighted by atomic mass is 10.2. The molecule has 0 atom stereocenters. The van der Waals surface area contributed by atoms with Crippen molar-refractivity contribution < 1.29 is 4.74 Å². The summed E-state index contributed by atoms with van der Waals surface area (Å²) in [6.45, 7) is 8.43. The minimum atomic E-state index is 0.788. The summed E-state index contributed by atoms with van der Waals surface area (Å²) in [5.41, 5.74) is 1.30. The zero-order valence-electron chi connectivity index (χ0n) is 13.1. The molecule has 3 nitrogen and oxygen atoms in total. The van der Waals surface area contributed by atoms with Gasteiger partial charge in [0.2, 0.25) is 0 Å². The quantitative estimate of drug-likeness (QED) is 0.746. The van der Waals surface area contributed by atoms with Gasteiger partial charge in [-0.2, -0.15) is 11.8 Å². The molecule has 1 aromatic rings. The highest BCUT2D eigenvalue weighted by Crippen LogP contribution is 2.14. The molecule has 118 valence electrons. The average Bonchev–Trinajstić information content (AvgIpc) is 2.77. The third-order valence-electron chi connectivity index (χ3n) is 3.65. The summed E-state index contributed by atoms with van der Waals surface area (Å²) < 4.78 is 5.92. The van der Waals surface area contributed by atoms with Crippen LogP contribution in [0.3, 0.4) is 0 Å². The minimum absolute atomic E-state index is 0.788. The maximum Gasteiger partial charge on any atom is 0.119 e. The van der Waals surface area contributed by atoms with Gasteiger partial charge in [0.15, 0.2) is 0 Å². The normalized spacial score (nSPS) is 16.6. The van der Waals surface area contributed by atoms with Crippen LogP contribution < -0.4 is 10.1 Å². The molecule has 1 aromatic carbocycles. The lowest BCUT2D eigenvalue weighted by molar-refractivity contribution is 0.219. The standard InChI is InChI=1S/C17H28N2OS/c1-2-7-18-15-16-5-3-6-17(14-16)20-11-9-19-8-4-12-21-13-10-19/h3,5-6,14,18H,2,4,7-13,15H2,1H3. The van der Waals surface area contributed by atoms with Crippen molar-refractivity contribution in [3.8, 4) is 5.75 Å². The third kappa shape index (κ3) is 6.72. The van der Waals surface area contributed by atoms with E-state index in [1.54, 1.807) is 0 Å². The number of thioether (sulfide) groups is 1. The van der Waals surface area contributed by atoms with Gasteiger partial charge in [0.05, 0.1) is 0 Å². The number of ether oxygens (including phenoxy) is 1. The summed E-state index contributed by atoms with van der Waals surface area (Å²) in [5.74, 6) is 3.57. The molecule has 0 aliphatic carbocycles. The Kier molecular flexibility index (Phi) is 8.00. The molecular formula is C17H28N2OS. The SMILES string of the molecule is CCCNCc1cccc(OCCN2CCCSCC2)c1. The summed E-state index contributed by atoms with van der Waals surface area (Å²) in [4.78, 5) is 2.52. The molecule has 0 aromatic heterocycles. The zero-order valence-corrected chi connectivity index (χ0v) is 14.0. The molecule has 0 spiro atoms. The monoisotopic (exact) mass is 308 g/mol. The van der Waals surface area contributed by atoms with E-state index < -0.39 is 0 Å². The van der Waals surface area contributed by atoms with E-state index in [0.717, 1.165) is 32.0 Å². The topological polar surface area (TPSA) is 24.5 Å². The molecular weight excluding hydrogens is 280 g/mol. The molecule has 1 fully saturated rings. The molecule has 2 rings (SSSR count).